The summed E-state index contributed by atoms with van der Waals surface area (Å²) in [4.78, 5) is 0. The number of hydrogen-bond donors (Lipinski definition) is 1. The summed E-state index contributed by atoms with van der Waals surface area (Å²) >= 11 is 0. The summed E-state index contributed by atoms with van der Waals surface area (Å²) in [7, 11) is 0. The summed E-state index contributed by atoms with van der Waals surface area (Å²) in [6.45, 7) is 2.06. The molecule has 0 fully saturated rings. The maximum Gasteiger partial charge on any atom is 0.0623 e. The largest absolute Gasteiger partial charge is 0.301 e. The molecular formula is C11H12N2. The van der Waals surface area contributed by atoms with Gasteiger partial charge in [0, 0.05) is 12.4 Å². The van der Waals surface area contributed by atoms with E-state index in [0.29, 0.717) is 0 Å². The van der Waals surface area contributed by atoms with Crippen LogP contribution in [0.25, 0.3) is 0 Å². The van der Waals surface area contributed by atoms with Gasteiger partial charge in [0.2, 0.25) is 0 Å². The Hall–Kier alpha value is -1.70. The summed E-state index contributed by atoms with van der Waals surface area (Å²) in [6.07, 6.45) is 6.07. The Bertz CT molecular complexity index is 338. The standard InChI is InChI=1S/C11H12N2/c1-10-7-8-13(12-9-10)11-5-3-2-4-6-11/h2-9,12H,1H3. The van der Waals surface area contributed by atoms with Gasteiger partial charge in [-0.3, -0.25) is 5.01 Å². The second-order valence-electron chi connectivity index (χ2n) is 3.04. The van der Waals surface area contributed by atoms with Gasteiger partial charge in [-0.1, -0.05) is 18.2 Å². The highest BCUT2D eigenvalue weighted by Crippen LogP contribution is 2.14. The molecule has 1 aliphatic heterocycles. The molecule has 0 saturated carbocycles. The summed E-state index contributed by atoms with van der Waals surface area (Å²) in [5.74, 6) is 0. The van der Waals surface area contributed by atoms with Crippen LogP contribution in [-0.4, -0.2) is 0 Å². The van der Waals surface area contributed by atoms with Gasteiger partial charge in [0.25, 0.3) is 0 Å². The first-order valence-electron chi connectivity index (χ1n) is 4.32. The maximum absolute atomic E-state index is 3.17. The summed E-state index contributed by atoms with van der Waals surface area (Å²) in [6, 6.07) is 10.2. The summed E-state index contributed by atoms with van der Waals surface area (Å²) < 4.78 is 0. The number of anilines is 1. The number of benzene rings is 1. The lowest BCUT2D eigenvalue weighted by Gasteiger charge is -2.23. The van der Waals surface area contributed by atoms with Gasteiger partial charge in [-0.2, -0.15) is 0 Å². The Morgan fingerprint density at radius 3 is 2.54 bits per heavy atom. The van der Waals surface area contributed by atoms with E-state index in [0.717, 1.165) is 5.69 Å². The first-order chi connectivity index (χ1) is 6.36. The topological polar surface area (TPSA) is 15.3 Å². The van der Waals surface area contributed by atoms with Gasteiger partial charge >= 0.3 is 0 Å². The molecule has 2 nitrogen and oxygen atoms in total. The van der Waals surface area contributed by atoms with Gasteiger partial charge in [-0.15, -0.1) is 0 Å². The van der Waals surface area contributed by atoms with E-state index < -0.39 is 0 Å². The SMILES string of the molecule is CC1=CNN(c2ccccc2)C=C1. The number of nitrogens with one attached hydrogen (secondary N) is 1. The van der Waals surface area contributed by atoms with E-state index in [4.69, 9.17) is 0 Å². The molecule has 0 saturated heterocycles. The number of para-hydroxylation sites is 1. The molecule has 2 rings (SSSR count). The van der Waals surface area contributed by atoms with Gasteiger partial charge < -0.3 is 5.43 Å². The van der Waals surface area contributed by atoms with Crippen LogP contribution in [0.2, 0.25) is 0 Å². The van der Waals surface area contributed by atoms with Crippen LogP contribution in [0.4, 0.5) is 5.69 Å². The monoisotopic (exact) mass is 172 g/mol. The van der Waals surface area contributed by atoms with Gasteiger partial charge in [-0.25, -0.2) is 0 Å². The highest BCUT2D eigenvalue weighted by molar-refractivity contribution is 5.49. The van der Waals surface area contributed by atoms with Gasteiger partial charge in [0.15, 0.2) is 0 Å². The molecule has 0 radical (unpaired) electrons. The highest BCUT2D eigenvalue weighted by Gasteiger charge is 2.02. The molecular weight excluding hydrogens is 160 g/mol. The average Bonchev–Trinajstić information content (AvgIpc) is 2.20. The Labute approximate surface area is 78.2 Å². The van der Waals surface area contributed by atoms with Crippen LogP contribution in [0.5, 0.6) is 0 Å². The van der Waals surface area contributed by atoms with Crippen molar-refractivity contribution < 1.29 is 0 Å². The molecule has 0 unspecified atom stereocenters. The molecule has 0 atom stereocenters. The molecule has 66 valence electrons. The van der Waals surface area contributed by atoms with E-state index in [2.05, 4.69) is 30.6 Å². The van der Waals surface area contributed by atoms with Gasteiger partial charge in [-0.05, 0) is 30.7 Å². The lowest BCUT2D eigenvalue weighted by molar-refractivity contribution is 0.856. The number of rotatable bonds is 1. The van der Waals surface area contributed by atoms with Crippen molar-refractivity contribution in [2.75, 3.05) is 5.01 Å². The van der Waals surface area contributed by atoms with E-state index in [9.17, 15) is 0 Å². The van der Waals surface area contributed by atoms with Crippen molar-refractivity contribution in [3.05, 3.63) is 54.4 Å². The third kappa shape index (κ3) is 1.72. The van der Waals surface area contributed by atoms with Crippen molar-refractivity contribution in [3.63, 3.8) is 0 Å². The average molecular weight is 172 g/mol. The van der Waals surface area contributed by atoms with Crippen molar-refractivity contribution in [2.45, 2.75) is 6.92 Å². The fourth-order valence-electron chi connectivity index (χ4n) is 1.20. The zero-order valence-corrected chi connectivity index (χ0v) is 7.57. The third-order valence-corrected chi connectivity index (χ3v) is 1.95. The summed E-state index contributed by atoms with van der Waals surface area (Å²) in [5, 5.41) is 1.98. The molecule has 1 aromatic carbocycles. The number of nitrogens with zero attached hydrogens (tertiary/aromatic N) is 1. The van der Waals surface area contributed by atoms with Crippen molar-refractivity contribution in [2.24, 2.45) is 0 Å². The second kappa shape index (κ2) is 3.35. The first kappa shape index (κ1) is 7.92. The quantitative estimate of drug-likeness (QED) is 0.699. The van der Waals surface area contributed by atoms with Crippen LogP contribution in [0.3, 0.4) is 0 Å². The van der Waals surface area contributed by atoms with Crippen LogP contribution in [0, 0.1) is 0 Å². The molecule has 0 aromatic heterocycles. The molecule has 0 bridgehead atoms. The Balaban J connectivity index is 2.18. The van der Waals surface area contributed by atoms with Crippen molar-refractivity contribution in [1.29, 1.82) is 0 Å². The molecule has 1 aliphatic rings. The zero-order valence-electron chi connectivity index (χ0n) is 7.57. The van der Waals surface area contributed by atoms with Crippen LogP contribution in [0.1, 0.15) is 6.92 Å². The molecule has 1 aromatic rings. The Kier molecular flexibility index (Phi) is 2.04. The van der Waals surface area contributed by atoms with Crippen LogP contribution in [-0.2, 0) is 0 Å². The Morgan fingerprint density at radius 1 is 1.15 bits per heavy atom. The van der Waals surface area contributed by atoms with Crippen LogP contribution in [0.15, 0.2) is 54.4 Å². The lowest BCUT2D eigenvalue weighted by atomic mass is 10.3. The van der Waals surface area contributed by atoms with Crippen molar-refractivity contribution in [3.8, 4) is 0 Å². The fourth-order valence-corrected chi connectivity index (χ4v) is 1.20. The predicted molar refractivity (Wildman–Crippen MR) is 55.0 cm³/mol. The normalized spacial score (nSPS) is 15.2. The highest BCUT2D eigenvalue weighted by atomic mass is 15.5. The smallest absolute Gasteiger partial charge is 0.0623 e. The first-order valence-corrected chi connectivity index (χ1v) is 4.32. The zero-order chi connectivity index (χ0) is 9.10. The minimum absolute atomic E-state index is 1.14. The van der Waals surface area contributed by atoms with Crippen LogP contribution < -0.4 is 10.4 Å². The van der Waals surface area contributed by atoms with Gasteiger partial charge in [0.1, 0.15) is 0 Å². The van der Waals surface area contributed by atoms with E-state index in [1.165, 1.54) is 5.57 Å². The molecule has 0 spiro atoms. The number of allylic oxidation sites excluding steroid dienone is 2. The van der Waals surface area contributed by atoms with Crippen molar-refractivity contribution >= 4 is 5.69 Å². The lowest BCUT2D eigenvalue weighted by Crippen LogP contribution is -2.30. The van der Waals surface area contributed by atoms with Gasteiger partial charge in [0.05, 0.1) is 5.69 Å². The predicted octanol–water partition coefficient (Wildman–Crippen LogP) is 2.43. The minimum Gasteiger partial charge on any atom is -0.301 e. The molecule has 1 heterocycles. The minimum atomic E-state index is 1.14. The molecule has 1 N–H and O–H groups in total. The Morgan fingerprint density at radius 2 is 1.92 bits per heavy atom. The molecule has 2 heteroatoms. The van der Waals surface area contributed by atoms with E-state index in [1.807, 2.05) is 35.6 Å². The van der Waals surface area contributed by atoms with Crippen molar-refractivity contribution in [1.82, 2.24) is 5.43 Å². The number of hydrazine groups is 1. The third-order valence-electron chi connectivity index (χ3n) is 1.95. The maximum atomic E-state index is 3.17. The van der Waals surface area contributed by atoms with E-state index >= 15 is 0 Å². The molecule has 13 heavy (non-hydrogen) atoms. The van der Waals surface area contributed by atoms with E-state index in [-0.39, 0.29) is 0 Å². The molecule has 0 aliphatic carbocycles. The number of hydrogen-bond acceptors (Lipinski definition) is 2. The fraction of sp³-hybridized carbons (Fsp3) is 0.0909. The van der Waals surface area contributed by atoms with E-state index in [1.54, 1.807) is 0 Å². The summed E-state index contributed by atoms with van der Waals surface area (Å²) in [5.41, 5.74) is 5.54. The second-order valence-corrected chi connectivity index (χ2v) is 3.04. The molecule has 0 amide bonds. The van der Waals surface area contributed by atoms with Crippen LogP contribution >= 0.6 is 0 Å².